The molecule has 2 heterocycles. The van der Waals surface area contributed by atoms with Crippen LogP contribution in [0.5, 0.6) is 0 Å². The molecule has 3 aliphatic rings. The first-order valence-electron chi connectivity index (χ1n) is 8.13. The van der Waals surface area contributed by atoms with Crippen LogP contribution in [0.3, 0.4) is 0 Å². The molecule has 124 valence electrons. The highest BCUT2D eigenvalue weighted by Crippen LogP contribution is 2.49. The molecule has 24 heavy (non-hydrogen) atoms. The minimum atomic E-state index is -0.994. The number of rotatable bonds is 2. The van der Waals surface area contributed by atoms with Crippen molar-refractivity contribution in [2.24, 2.45) is 5.10 Å². The molecule has 5 nitrogen and oxygen atoms in total. The van der Waals surface area contributed by atoms with Gasteiger partial charge in [0, 0.05) is 49.2 Å². The van der Waals surface area contributed by atoms with Crippen molar-refractivity contribution < 1.29 is 9.35 Å². The SMILES string of the molecule is CC(=O)Nc1ccc(C2CC3=C(CCC4=C3NN=CC4)[S+]2[O-])cc1. The van der Waals surface area contributed by atoms with Crippen LogP contribution in [0.1, 0.15) is 43.4 Å². The summed E-state index contributed by atoms with van der Waals surface area (Å²) in [6.45, 7) is 1.49. The summed E-state index contributed by atoms with van der Waals surface area (Å²) in [5.74, 6) is -0.0901. The van der Waals surface area contributed by atoms with Gasteiger partial charge in [0.05, 0.1) is 5.70 Å². The number of hydrogen-bond acceptors (Lipinski definition) is 4. The lowest BCUT2D eigenvalue weighted by molar-refractivity contribution is -0.114. The predicted molar refractivity (Wildman–Crippen MR) is 95.8 cm³/mol. The molecule has 1 aromatic rings. The molecule has 0 saturated heterocycles. The number of carbonyl (C=O) groups is 1. The Morgan fingerprint density at radius 3 is 2.88 bits per heavy atom. The molecular weight excluding hydrogens is 322 g/mol. The van der Waals surface area contributed by atoms with E-state index in [1.165, 1.54) is 18.1 Å². The molecule has 0 fully saturated rings. The van der Waals surface area contributed by atoms with Crippen molar-refractivity contribution in [1.82, 2.24) is 5.43 Å². The standard InChI is InChI=1S/C18H19N3O2S/c1-11(22)20-14-5-2-12(3-6-14)17-10-15-16(24(17)23)7-4-13-8-9-19-21-18(13)15/h2-3,5-6,9,17,21H,4,7-8,10H2,1H3,(H,20,22). The number of anilines is 1. The maximum Gasteiger partial charge on any atom is 0.221 e. The molecule has 0 aromatic heterocycles. The smallest absolute Gasteiger partial charge is 0.221 e. The van der Waals surface area contributed by atoms with Gasteiger partial charge in [-0.05, 0) is 35.3 Å². The average Bonchev–Trinajstić information content (AvgIpc) is 2.92. The van der Waals surface area contributed by atoms with Gasteiger partial charge in [0.1, 0.15) is 10.2 Å². The summed E-state index contributed by atoms with van der Waals surface area (Å²) in [6, 6.07) is 7.68. The Morgan fingerprint density at radius 1 is 1.33 bits per heavy atom. The minimum absolute atomic E-state index is 0.0130. The second-order valence-electron chi connectivity index (χ2n) is 6.30. The number of nitrogens with one attached hydrogen (secondary N) is 2. The molecule has 0 saturated carbocycles. The fourth-order valence-corrected chi connectivity index (χ4v) is 5.40. The van der Waals surface area contributed by atoms with E-state index in [-0.39, 0.29) is 11.2 Å². The minimum Gasteiger partial charge on any atom is -0.611 e. The molecule has 4 rings (SSSR count). The molecule has 2 atom stereocenters. The van der Waals surface area contributed by atoms with Crippen LogP contribution in [0.4, 0.5) is 5.69 Å². The van der Waals surface area contributed by atoms with E-state index in [2.05, 4.69) is 15.8 Å². The van der Waals surface area contributed by atoms with E-state index in [1.807, 2.05) is 30.5 Å². The highest BCUT2D eigenvalue weighted by molar-refractivity contribution is 7.95. The van der Waals surface area contributed by atoms with Gasteiger partial charge in [0.25, 0.3) is 0 Å². The van der Waals surface area contributed by atoms with Crippen LogP contribution < -0.4 is 10.7 Å². The Kier molecular flexibility index (Phi) is 3.94. The number of benzene rings is 1. The van der Waals surface area contributed by atoms with E-state index in [0.29, 0.717) is 0 Å². The van der Waals surface area contributed by atoms with Gasteiger partial charge in [-0.1, -0.05) is 12.1 Å². The number of carbonyl (C=O) groups excluding carboxylic acids is 1. The summed E-state index contributed by atoms with van der Waals surface area (Å²) in [4.78, 5) is 12.2. The van der Waals surface area contributed by atoms with Crippen LogP contribution in [0.25, 0.3) is 0 Å². The Labute approximate surface area is 144 Å². The monoisotopic (exact) mass is 341 g/mol. The van der Waals surface area contributed by atoms with Crippen molar-refractivity contribution in [3.05, 3.63) is 51.6 Å². The van der Waals surface area contributed by atoms with E-state index in [1.54, 1.807) is 0 Å². The third-order valence-corrected chi connectivity index (χ3v) is 6.64. The summed E-state index contributed by atoms with van der Waals surface area (Å²) in [5.41, 5.74) is 8.62. The molecule has 2 N–H and O–H groups in total. The summed E-state index contributed by atoms with van der Waals surface area (Å²) in [6.07, 6.45) is 5.42. The maximum absolute atomic E-state index is 13.0. The molecule has 6 heteroatoms. The zero-order valence-electron chi connectivity index (χ0n) is 13.5. The lowest BCUT2D eigenvalue weighted by Crippen LogP contribution is -2.19. The molecule has 1 aromatic carbocycles. The Balaban J connectivity index is 1.57. The van der Waals surface area contributed by atoms with E-state index in [9.17, 15) is 9.35 Å². The van der Waals surface area contributed by atoms with E-state index < -0.39 is 11.2 Å². The first-order valence-corrected chi connectivity index (χ1v) is 9.35. The maximum atomic E-state index is 13.0. The number of amides is 1. The molecule has 0 radical (unpaired) electrons. The van der Waals surface area contributed by atoms with Crippen LogP contribution in [-0.2, 0) is 16.0 Å². The van der Waals surface area contributed by atoms with Crippen LogP contribution in [0.15, 0.2) is 51.1 Å². The van der Waals surface area contributed by atoms with Gasteiger partial charge < -0.3 is 9.87 Å². The molecule has 1 aliphatic carbocycles. The number of allylic oxidation sites excluding steroid dienone is 3. The largest absolute Gasteiger partial charge is 0.611 e. The number of hydrazone groups is 1. The van der Waals surface area contributed by atoms with E-state index in [4.69, 9.17) is 0 Å². The van der Waals surface area contributed by atoms with Crippen LogP contribution in [0.2, 0.25) is 0 Å². The van der Waals surface area contributed by atoms with Crippen LogP contribution >= 0.6 is 0 Å². The zero-order valence-corrected chi connectivity index (χ0v) is 14.3. The fourth-order valence-electron chi connectivity index (χ4n) is 3.61. The molecule has 0 spiro atoms. The van der Waals surface area contributed by atoms with E-state index >= 15 is 0 Å². The highest BCUT2D eigenvalue weighted by Gasteiger charge is 2.42. The van der Waals surface area contributed by atoms with Crippen molar-refractivity contribution >= 4 is 29.0 Å². The van der Waals surface area contributed by atoms with Crippen molar-refractivity contribution in [2.45, 2.75) is 37.9 Å². The quantitative estimate of drug-likeness (QED) is 0.812. The molecule has 1 amide bonds. The van der Waals surface area contributed by atoms with Crippen LogP contribution in [-0.4, -0.2) is 16.7 Å². The molecular formula is C18H19N3O2S. The molecule has 2 aliphatic heterocycles. The van der Waals surface area contributed by atoms with Gasteiger partial charge in [-0.15, -0.1) is 0 Å². The number of fused-ring (bicyclic) bond motifs is 1. The third kappa shape index (κ3) is 2.65. The second-order valence-corrected chi connectivity index (χ2v) is 7.96. The fraction of sp³-hybridized carbons (Fsp3) is 0.333. The Hall–Kier alpha value is -2.05. The number of hydrogen-bond donors (Lipinski definition) is 2. The van der Waals surface area contributed by atoms with E-state index in [0.717, 1.165) is 47.5 Å². The predicted octanol–water partition coefficient (Wildman–Crippen LogP) is 3.12. The van der Waals surface area contributed by atoms with Crippen LogP contribution in [0, 0.1) is 0 Å². The highest BCUT2D eigenvalue weighted by atomic mass is 32.2. The van der Waals surface area contributed by atoms with Gasteiger partial charge in [0.2, 0.25) is 5.91 Å². The van der Waals surface area contributed by atoms with Gasteiger partial charge in [-0.3, -0.25) is 10.2 Å². The third-order valence-electron chi connectivity index (χ3n) is 4.74. The molecule has 2 unspecified atom stereocenters. The van der Waals surface area contributed by atoms with Gasteiger partial charge in [-0.2, -0.15) is 5.10 Å². The van der Waals surface area contributed by atoms with Crippen molar-refractivity contribution in [3.8, 4) is 0 Å². The summed E-state index contributed by atoms with van der Waals surface area (Å²) >= 11 is -0.994. The second kappa shape index (κ2) is 6.11. The lowest BCUT2D eigenvalue weighted by Gasteiger charge is -2.22. The first-order chi connectivity index (χ1) is 11.6. The summed E-state index contributed by atoms with van der Waals surface area (Å²) in [7, 11) is 0. The van der Waals surface area contributed by atoms with Gasteiger partial charge in [-0.25, -0.2) is 0 Å². The zero-order chi connectivity index (χ0) is 16.7. The van der Waals surface area contributed by atoms with Crippen molar-refractivity contribution in [3.63, 3.8) is 0 Å². The lowest BCUT2D eigenvalue weighted by atomic mass is 9.90. The Morgan fingerprint density at radius 2 is 2.12 bits per heavy atom. The molecule has 0 bridgehead atoms. The van der Waals surface area contributed by atoms with Crippen molar-refractivity contribution in [2.75, 3.05) is 5.32 Å². The first kappa shape index (κ1) is 15.5. The number of nitrogens with zero attached hydrogens (tertiary/aromatic N) is 1. The normalized spacial score (nSPS) is 25.2. The summed E-state index contributed by atoms with van der Waals surface area (Å²) < 4.78 is 13.0. The van der Waals surface area contributed by atoms with Crippen molar-refractivity contribution in [1.29, 1.82) is 0 Å². The average molecular weight is 341 g/mol. The topological polar surface area (TPSA) is 76.5 Å². The summed E-state index contributed by atoms with van der Waals surface area (Å²) in [5, 5.41) is 6.93. The Bertz CT molecular complexity index is 780. The van der Waals surface area contributed by atoms with Gasteiger partial charge >= 0.3 is 0 Å². The van der Waals surface area contributed by atoms with Gasteiger partial charge in [0.15, 0.2) is 0 Å².